The van der Waals surface area contributed by atoms with Crippen LogP contribution in [0.4, 0.5) is 0 Å². The predicted molar refractivity (Wildman–Crippen MR) is 99.4 cm³/mol. The second-order valence-electron chi connectivity index (χ2n) is 5.88. The van der Waals surface area contributed by atoms with Crippen LogP contribution in [0.5, 0.6) is 0 Å². The molecule has 25 heavy (non-hydrogen) atoms. The highest BCUT2D eigenvalue weighted by molar-refractivity contribution is 6.30. The standard InChI is InChI=1S/C20H19ClN2O2/c21-18-8-4-7-17(13-18)20(25)22-14-19(24)23-11-9-16(10-12-23)15-5-2-1-3-6-15/h1-9,13H,10-12,14H2,(H,22,25). The van der Waals surface area contributed by atoms with Gasteiger partial charge in [0, 0.05) is 23.7 Å². The zero-order chi connectivity index (χ0) is 17.6. The van der Waals surface area contributed by atoms with E-state index >= 15 is 0 Å². The van der Waals surface area contributed by atoms with E-state index in [2.05, 4.69) is 23.5 Å². The number of halogens is 1. The summed E-state index contributed by atoms with van der Waals surface area (Å²) in [5, 5.41) is 3.15. The molecule has 0 saturated carbocycles. The summed E-state index contributed by atoms with van der Waals surface area (Å²) in [6, 6.07) is 16.8. The van der Waals surface area contributed by atoms with Crippen molar-refractivity contribution in [1.29, 1.82) is 0 Å². The van der Waals surface area contributed by atoms with Gasteiger partial charge in [0.05, 0.1) is 6.54 Å². The van der Waals surface area contributed by atoms with E-state index in [-0.39, 0.29) is 18.4 Å². The van der Waals surface area contributed by atoms with E-state index < -0.39 is 0 Å². The summed E-state index contributed by atoms with van der Waals surface area (Å²) in [7, 11) is 0. The maximum absolute atomic E-state index is 12.3. The fourth-order valence-electron chi connectivity index (χ4n) is 2.81. The van der Waals surface area contributed by atoms with Crippen molar-refractivity contribution in [2.45, 2.75) is 6.42 Å². The topological polar surface area (TPSA) is 49.4 Å². The Morgan fingerprint density at radius 3 is 2.56 bits per heavy atom. The molecule has 4 nitrogen and oxygen atoms in total. The molecule has 1 aliphatic rings. The van der Waals surface area contributed by atoms with Crippen LogP contribution >= 0.6 is 11.6 Å². The number of benzene rings is 2. The van der Waals surface area contributed by atoms with Crippen molar-refractivity contribution in [3.8, 4) is 0 Å². The highest BCUT2D eigenvalue weighted by Gasteiger charge is 2.18. The predicted octanol–water partition coefficient (Wildman–Crippen LogP) is 3.39. The Balaban J connectivity index is 1.53. The third-order valence-electron chi connectivity index (χ3n) is 4.19. The Morgan fingerprint density at radius 1 is 1.08 bits per heavy atom. The maximum atomic E-state index is 12.3. The molecule has 2 aromatic rings. The number of rotatable bonds is 4. The maximum Gasteiger partial charge on any atom is 0.251 e. The molecule has 0 unspecified atom stereocenters. The molecule has 3 rings (SSSR count). The second-order valence-corrected chi connectivity index (χ2v) is 6.31. The van der Waals surface area contributed by atoms with Gasteiger partial charge in [0.15, 0.2) is 0 Å². The zero-order valence-corrected chi connectivity index (χ0v) is 14.5. The van der Waals surface area contributed by atoms with Crippen molar-refractivity contribution in [3.63, 3.8) is 0 Å². The molecular weight excluding hydrogens is 336 g/mol. The van der Waals surface area contributed by atoms with E-state index in [1.54, 1.807) is 29.2 Å². The van der Waals surface area contributed by atoms with Crippen molar-refractivity contribution < 1.29 is 9.59 Å². The van der Waals surface area contributed by atoms with Crippen LogP contribution in [0.25, 0.3) is 5.57 Å². The molecule has 2 aromatic carbocycles. The van der Waals surface area contributed by atoms with Crippen molar-refractivity contribution in [3.05, 3.63) is 76.8 Å². The summed E-state index contributed by atoms with van der Waals surface area (Å²) in [6.07, 6.45) is 2.90. The van der Waals surface area contributed by atoms with Crippen molar-refractivity contribution in [2.24, 2.45) is 0 Å². The Hall–Kier alpha value is -2.59. The number of carbonyl (C=O) groups is 2. The molecule has 0 saturated heterocycles. The van der Waals surface area contributed by atoms with Crippen LogP contribution in [0.15, 0.2) is 60.7 Å². The largest absolute Gasteiger partial charge is 0.343 e. The third-order valence-corrected chi connectivity index (χ3v) is 4.43. The minimum atomic E-state index is -0.298. The molecular formula is C20H19ClN2O2. The number of carbonyl (C=O) groups excluding carboxylic acids is 2. The van der Waals surface area contributed by atoms with Crippen LogP contribution in [-0.2, 0) is 4.79 Å². The lowest BCUT2D eigenvalue weighted by atomic mass is 9.99. The van der Waals surface area contributed by atoms with Gasteiger partial charge in [-0.3, -0.25) is 9.59 Å². The molecule has 5 heteroatoms. The van der Waals surface area contributed by atoms with Gasteiger partial charge in [-0.15, -0.1) is 0 Å². The Morgan fingerprint density at radius 2 is 1.88 bits per heavy atom. The monoisotopic (exact) mass is 354 g/mol. The molecule has 1 heterocycles. The van der Waals surface area contributed by atoms with Gasteiger partial charge in [-0.25, -0.2) is 0 Å². The van der Waals surface area contributed by atoms with Crippen LogP contribution in [0, 0.1) is 0 Å². The van der Waals surface area contributed by atoms with Crippen LogP contribution in [0.1, 0.15) is 22.3 Å². The quantitative estimate of drug-likeness (QED) is 0.915. The average molecular weight is 355 g/mol. The lowest BCUT2D eigenvalue weighted by molar-refractivity contribution is -0.129. The normalized spacial score (nSPS) is 14.0. The second kappa shape index (κ2) is 7.99. The molecule has 0 atom stereocenters. The van der Waals surface area contributed by atoms with Crippen molar-refractivity contribution in [2.75, 3.05) is 19.6 Å². The number of hydrogen-bond acceptors (Lipinski definition) is 2. The summed E-state index contributed by atoms with van der Waals surface area (Å²) in [5.41, 5.74) is 2.90. The first kappa shape index (κ1) is 17.2. The van der Waals surface area contributed by atoms with Gasteiger partial charge in [0.2, 0.25) is 5.91 Å². The molecule has 1 aliphatic heterocycles. The third kappa shape index (κ3) is 4.48. The number of amides is 2. The lowest BCUT2D eigenvalue weighted by Gasteiger charge is -2.26. The van der Waals surface area contributed by atoms with Gasteiger partial charge in [-0.05, 0) is 35.8 Å². The highest BCUT2D eigenvalue weighted by Crippen LogP contribution is 2.21. The Labute approximate surface area is 152 Å². The summed E-state index contributed by atoms with van der Waals surface area (Å²) in [4.78, 5) is 26.1. The van der Waals surface area contributed by atoms with Crippen molar-refractivity contribution in [1.82, 2.24) is 10.2 Å². The lowest BCUT2D eigenvalue weighted by Crippen LogP contribution is -2.42. The summed E-state index contributed by atoms with van der Waals surface area (Å²) in [6.45, 7) is 1.21. The van der Waals surface area contributed by atoms with E-state index in [9.17, 15) is 9.59 Å². The molecule has 0 bridgehead atoms. The van der Waals surface area contributed by atoms with E-state index in [1.807, 2.05) is 18.2 Å². The summed E-state index contributed by atoms with van der Waals surface area (Å²) in [5.74, 6) is -0.382. The molecule has 0 aliphatic carbocycles. The van der Waals surface area contributed by atoms with Crippen LogP contribution in [0.3, 0.4) is 0 Å². The fourth-order valence-corrected chi connectivity index (χ4v) is 3.00. The van der Waals surface area contributed by atoms with E-state index in [4.69, 9.17) is 11.6 Å². The van der Waals surface area contributed by atoms with Gasteiger partial charge >= 0.3 is 0 Å². The first-order valence-electron chi connectivity index (χ1n) is 8.19. The summed E-state index contributed by atoms with van der Waals surface area (Å²) >= 11 is 5.88. The van der Waals surface area contributed by atoms with Gasteiger partial charge in [-0.2, -0.15) is 0 Å². The van der Waals surface area contributed by atoms with E-state index in [0.717, 1.165) is 6.42 Å². The average Bonchev–Trinajstić information content (AvgIpc) is 2.66. The molecule has 2 amide bonds. The number of nitrogens with one attached hydrogen (secondary N) is 1. The van der Waals surface area contributed by atoms with Gasteiger partial charge in [0.1, 0.15) is 0 Å². The summed E-state index contributed by atoms with van der Waals surface area (Å²) < 4.78 is 0. The number of nitrogens with zero attached hydrogens (tertiary/aromatic N) is 1. The minimum Gasteiger partial charge on any atom is -0.343 e. The van der Waals surface area contributed by atoms with Crippen LogP contribution in [0.2, 0.25) is 5.02 Å². The van der Waals surface area contributed by atoms with E-state index in [0.29, 0.717) is 23.7 Å². The molecule has 0 spiro atoms. The van der Waals surface area contributed by atoms with Gasteiger partial charge in [0.25, 0.3) is 5.91 Å². The zero-order valence-electron chi connectivity index (χ0n) is 13.7. The van der Waals surface area contributed by atoms with Crippen LogP contribution < -0.4 is 5.32 Å². The first-order chi connectivity index (χ1) is 12.1. The smallest absolute Gasteiger partial charge is 0.251 e. The van der Waals surface area contributed by atoms with Crippen molar-refractivity contribution >= 4 is 29.0 Å². The first-order valence-corrected chi connectivity index (χ1v) is 8.57. The Bertz CT molecular complexity index is 802. The van der Waals surface area contributed by atoms with Gasteiger partial charge < -0.3 is 10.2 Å². The Kier molecular flexibility index (Phi) is 5.51. The highest BCUT2D eigenvalue weighted by atomic mass is 35.5. The number of hydrogen-bond donors (Lipinski definition) is 1. The molecule has 128 valence electrons. The van der Waals surface area contributed by atoms with Crippen LogP contribution in [-0.4, -0.2) is 36.3 Å². The molecule has 0 radical (unpaired) electrons. The molecule has 0 fully saturated rings. The van der Waals surface area contributed by atoms with E-state index in [1.165, 1.54) is 11.1 Å². The molecule has 1 N–H and O–H groups in total. The minimum absolute atomic E-state index is 0.0140. The fraction of sp³-hybridized carbons (Fsp3) is 0.200. The van der Waals surface area contributed by atoms with Gasteiger partial charge in [-0.1, -0.05) is 54.1 Å². The SMILES string of the molecule is O=C(NCC(=O)N1CC=C(c2ccccc2)CC1)c1cccc(Cl)c1. The molecule has 0 aromatic heterocycles.